The maximum Gasteiger partial charge on any atom is 0.192 e. The number of rotatable bonds is 11. The van der Waals surface area contributed by atoms with Gasteiger partial charge in [0.2, 0.25) is 0 Å². The summed E-state index contributed by atoms with van der Waals surface area (Å²) in [7, 11) is -0.268. The summed E-state index contributed by atoms with van der Waals surface area (Å²) in [5.41, 5.74) is 2.24. The van der Waals surface area contributed by atoms with Crippen LogP contribution in [0.25, 0.3) is 0 Å². The van der Waals surface area contributed by atoms with Gasteiger partial charge >= 0.3 is 0 Å². The van der Waals surface area contributed by atoms with E-state index < -0.39 is 8.32 Å². The second-order valence-corrected chi connectivity index (χ2v) is 13.2. The molecule has 1 atom stereocenters. The Balaban J connectivity index is 2.78. The SMILES string of the molecule is CC/C=C(\COCc1ccc(OC)cc1)[C@@H](CCO)O[Si](C)(C)C(C)(C)C. The summed E-state index contributed by atoms with van der Waals surface area (Å²) in [5, 5.41) is 9.69. The molecule has 4 nitrogen and oxygen atoms in total. The van der Waals surface area contributed by atoms with Crippen LogP contribution in [0.15, 0.2) is 35.9 Å². The van der Waals surface area contributed by atoms with Gasteiger partial charge in [-0.15, -0.1) is 0 Å². The van der Waals surface area contributed by atoms with Crippen molar-refractivity contribution in [1.29, 1.82) is 0 Å². The van der Waals surface area contributed by atoms with Crippen molar-refractivity contribution in [2.75, 3.05) is 20.3 Å². The largest absolute Gasteiger partial charge is 0.497 e. The van der Waals surface area contributed by atoms with E-state index in [0.717, 1.165) is 23.3 Å². The minimum absolute atomic E-state index is 0.0910. The molecule has 0 aromatic heterocycles. The zero-order chi connectivity index (χ0) is 20.5. The molecule has 0 aliphatic carbocycles. The molecule has 27 heavy (non-hydrogen) atoms. The van der Waals surface area contributed by atoms with E-state index in [0.29, 0.717) is 19.6 Å². The highest BCUT2D eigenvalue weighted by atomic mass is 28.4. The molecule has 0 aliphatic heterocycles. The summed E-state index contributed by atoms with van der Waals surface area (Å²) in [6.45, 7) is 14.5. The number of ether oxygens (including phenoxy) is 2. The van der Waals surface area contributed by atoms with Crippen molar-refractivity contribution in [3.63, 3.8) is 0 Å². The van der Waals surface area contributed by atoms with Gasteiger partial charge in [-0.3, -0.25) is 0 Å². The topological polar surface area (TPSA) is 47.9 Å². The van der Waals surface area contributed by atoms with Crippen molar-refractivity contribution in [2.45, 2.75) is 71.4 Å². The van der Waals surface area contributed by atoms with Gasteiger partial charge in [0.1, 0.15) is 5.75 Å². The molecule has 5 heteroatoms. The molecule has 0 unspecified atom stereocenters. The Labute approximate surface area is 166 Å². The third-order valence-corrected chi connectivity index (χ3v) is 9.70. The van der Waals surface area contributed by atoms with Gasteiger partial charge in [-0.1, -0.05) is 45.9 Å². The first-order valence-corrected chi connectivity index (χ1v) is 12.7. The first-order chi connectivity index (χ1) is 12.6. The second-order valence-electron chi connectivity index (χ2n) is 8.41. The third-order valence-electron chi connectivity index (χ3n) is 5.21. The third kappa shape index (κ3) is 7.78. The highest BCUT2D eigenvalue weighted by molar-refractivity contribution is 6.74. The normalized spacial score (nSPS) is 14.3. The number of allylic oxidation sites excluding steroid dienone is 1. The molecule has 0 radical (unpaired) electrons. The molecule has 0 heterocycles. The van der Waals surface area contributed by atoms with Crippen LogP contribution in [0, 0.1) is 0 Å². The van der Waals surface area contributed by atoms with Gasteiger partial charge in [0.15, 0.2) is 8.32 Å². The van der Waals surface area contributed by atoms with Crippen molar-refractivity contribution >= 4 is 8.32 Å². The van der Waals surface area contributed by atoms with Gasteiger partial charge in [0, 0.05) is 6.61 Å². The van der Waals surface area contributed by atoms with E-state index in [1.165, 1.54) is 0 Å². The zero-order valence-corrected chi connectivity index (χ0v) is 19.2. The van der Waals surface area contributed by atoms with E-state index in [1.54, 1.807) is 7.11 Å². The van der Waals surface area contributed by atoms with Gasteiger partial charge in [0.25, 0.3) is 0 Å². The van der Waals surface area contributed by atoms with Crippen LogP contribution in [0.5, 0.6) is 5.75 Å². The van der Waals surface area contributed by atoms with Crippen LogP contribution in [0.4, 0.5) is 0 Å². The zero-order valence-electron chi connectivity index (χ0n) is 18.2. The molecule has 1 aromatic rings. The predicted octanol–water partition coefficient (Wildman–Crippen LogP) is 5.32. The monoisotopic (exact) mass is 394 g/mol. The van der Waals surface area contributed by atoms with E-state index in [1.807, 2.05) is 24.3 Å². The fourth-order valence-corrected chi connectivity index (χ4v) is 3.86. The summed E-state index contributed by atoms with van der Waals surface area (Å²) in [4.78, 5) is 0. The van der Waals surface area contributed by atoms with Crippen molar-refractivity contribution < 1.29 is 19.0 Å². The van der Waals surface area contributed by atoms with Crippen LogP contribution < -0.4 is 4.74 Å². The second kappa shape index (κ2) is 11.0. The maximum atomic E-state index is 9.56. The minimum Gasteiger partial charge on any atom is -0.497 e. The Morgan fingerprint density at radius 3 is 2.30 bits per heavy atom. The fraction of sp³-hybridized carbons (Fsp3) is 0.636. The lowest BCUT2D eigenvalue weighted by Crippen LogP contribution is -2.45. The Bertz CT molecular complexity index is 573. The van der Waals surface area contributed by atoms with Crippen LogP contribution in [0.3, 0.4) is 0 Å². The molecule has 0 aliphatic rings. The Morgan fingerprint density at radius 1 is 1.19 bits per heavy atom. The highest BCUT2D eigenvalue weighted by Gasteiger charge is 2.39. The molecular formula is C22H38O4Si. The summed E-state index contributed by atoms with van der Waals surface area (Å²) in [5.74, 6) is 0.844. The summed E-state index contributed by atoms with van der Waals surface area (Å²) < 4.78 is 17.8. The number of hydrogen-bond donors (Lipinski definition) is 1. The van der Waals surface area contributed by atoms with E-state index in [9.17, 15) is 5.11 Å². The van der Waals surface area contributed by atoms with Crippen LogP contribution in [0.2, 0.25) is 18.1 Å². The molecule has 1 rings (SSSR count). The number of aliphatic hydroxyl groups excluding tert-OH is 1. The lowest BCUT2D eigenvalue weighted by Gasteiger charge is -2.40. The summed E-state index contributed by atoms with van der Waals surface area (Å²) in [6, 6.07) is 7.91. The lowest BCUT2D eigenvalue weighted by molar-refractivity contribution is 0.108. The van der Waals surface area contributed by atoms with Crippen LogP contribution >= 0.6 is 0 Å². The van der Waals surface area contributed by atoms with Crippen molar-refractivity contribution in [2.24, 2.45) is 0 Å². The quantitative estimate of drug-likeness (QED) is 0.407. The summed E-state index contributed by atoms with van der Waals surface area (Å²) in [6.07, 6.45) is 3.61. The number of aliphatic hydroxyl groups is 1. The fourth-order valence-electron chi connectivity index (χ4n) is 2.52. The van der Waals surface area contributed by atoms with Crippen LogP contribution in [-0.4, -0.2) is 39.9 Å². The summed E-state index contributed by atoms with van der Waals surface area (Å²) >= 11 is 0. The molecular weight excluding hydrogens is 356 g/mol. The molecule has 1 N–H and O–H groups in total. The van der Waals surface area contributed by atoms with Gasteiger partial charge in [-0.2, -0.15) is 0 Å². The number of methoxy groups -OCH3 is 1. The Hall–Kier alpha value is -1.14. The first-order valence-electron chi connectivity index (χ1n) is 9.83. The molecule has 0 saturated carbocycles. The number of benzene rings is 1. The molecule has 0 amide bonds. The van der Waals surface area contributed by atoms with E-state index in [4.69, 9.17) is 13.9 Å². The van der Waals surface area contributed by atoms with Crippen molar-refractivity contribution in [3.05, 3.63) is 41.5 Å². The molecule has 154 valence electrons. The van der Waals surface area contributed by atoms with Crippen molar-refractivity contribution in [3.8, 4) is 5.75 Å². The van der Waals surface area contributed by atoms with Crippen molar-refractivity contribution in [1.82, 2.24) is 0 Å². The van der Waals surface area contributed by atoms with E-state index in [2.05, 4.69) is 46.9 Å². The molecule has 1 aromatic carbocycles. The smallest absolute Gasteiger partial charge is 0.192 e. The highest BCUT2D eigenvalue weighted by Crippen LogP contribution is 2.38. The number of hydrogen-bond acceptors (Lipinski definition) is 4. The first kappa shape index (κ1) is 23.9. The van der Waals surface area contributed by atoms with Gasteiger partial charge in [-0.05, 0) is 54.2 Å². The Morgan fingerprint density at radius 2 is 1.81 bits per heavy atom. The van der Waals surface area contributed by atoms with Crippen LogP contribution in [-0.2, 0) is 15.8 Å². The maximum absolute atomic E-state index is 9.56. The van der Waals surface area contributed by atoms with Gasteiger partial charge in [0.05, 0.1) is 26.4 Å². The van der Waals surface area contributed by atoms with E-state index in [-0.39, 0.29) is 17.7 Å². The van der Waals surface area contributed by atoms with E-state index >= 15 is 0 Å². The molecule has 0 fully saturated rings. The van der Waals surface area contributed by atoms with Gasteiger partial charge in [-0.25, -0.2) is 0 Å². The average Bonchev–Trinajstić information content (AvgIpc) is 2.60. The predicted molar refractivity (Wildman–Crippen MR) is 115 cm³/mol. The average molecular weight is 395 g/mol. The Kier molecular flexibility index (Phi) is 9.74. The lowest BCUT2D eigenvalue weighted by atomic mass is 10.1. The standard InChI is InChI=1S/C22H38O4Si/c1-8-9-19(17-25-16-18-10-12-20(24-5)13-11-18)21(14-15-23)26-27(6,7)22(2,3)4/h9-13,21,23H,8,14-17H2,1-7H3/b19-9+/t21-/m1/s1. The molecule has 0 spiro atoms. The molecule has 0 bridgehead atoms. The van der Waals surface area contributed by atoms with Crippen LogP contribution in [0.1, 0.15) is 46.1 Å². The molecule has 0 saturated heterocycles. The van der Waals surface area contributed by atoms with Gasteiger partial charge < -0.3 is 19.0 Å². The minimum atomic E-state index is -1.93.